The highest BCUT2D eigenvalue weighted by atomic mass is 19.1. The van der Waals surface area contributed by atoms with Gasteiger partial charge in [0.1, 0.15) is 5.82 Å². The molecule has 3 nitrogen and oxygen atoms in total. The van der Waals surface area contributed by atoms with Crippen molar-refractivity contribution in [3.05, 3.63) is 71.0 Å². The number of hydrogen-bond donors (Lipinski definition) is 2. The van der Waals surface area contributed by atoms with Crippen LogP contribution in [0.2, 0.25) is 0 Å². The predicted octanol–water partition coefficient (Wildman–Crippen LogP) is 2.77. The maximum atomic E-state index is 13.7. The molecule has 25 heavy (non-hydrogen) atoms. The molecule has 0 amide bonds. The molecule has 1 heterocycles. The maximum absolute atomic E-state index is 13.7. The summed E-state index contributed by atoms with van der Waals surface area (Å²) in [6.07, 6.45) is 1.24. The quantitative estimate of drug-likeness (QED) is 0.812. The summed E-state index contributed by atoms with van der Waals surface area (Å²) in [4.78, 5) is 2.30. The summed E-state index contributed by atoms with van der Waals surface area (Å²) < 4.78 is 13.7. The normalized spacial score (nSPS) is 17.1. The topological polar surface area (TPSA) is 35.5 Å². The molecular formula is C21H27FN2O. The molecule has 2 unspecified atom stereocenters. The number of benzene rings is 2. The Morgan fingerprint density at radius 2 is 1.84 bits per heavy atom. The average molecular weight is 342 g/mol. The highest BCUT2D eigenvalue weighted by Crippen LogP contribution is 2.18. The van der Waals surface area contributed by atoms with Gasteiger partial charge in [0.2, 0.25) is 0 Å². The second-order valence-corrected chi connectivity index (χ2v) is 7.01. The Bertz CT molecular complexity index is 691. The first-order valence-corrected chi connectivity index (χ1v) is 9.06. The summed E-state index contributed by atoms with van der Waals surface area (Å²) in [6, 6.07) is 15.5. The SMILES string of the molecule is CC(Cc1ccccc1F)NCC(O)CN1CCc2ccccc2C1. The van der Waals surface area contributed by atoms with Gasteiger partial charge in [-0.25, -0.2) is 4.39 Å². The van der Waals surface area contributed by atoms with Crippen molar-refractivity contribution in [2.24, 2.45) is 0 Å². The van der Waals surface area contributed by atoms with Crippen LogP contribution in [0.3, 0.4) is 0 Å². The summed E-state index contributed by atoms with van der Waals surface area (Å²) in [6.45, 7) is 5.09. The van der Waals surface area contributed by atoms with Crippen LogP contribution in [0.5, 0.6) is 0 Å². The summed E-state index contributed by atoms with van der Waals surface area (Å²) in [5.74, 6) is -0.163. The van der Waals surface area contributed by atoms with Gasteiger partial charge in [0.25, 0.3) is 0 Å². The van der Waals surface area contributed by atoms with E-state index in [9.17, 15) is 9.50 Å². The fourth-order valence-corrected chi connectivity index (χ4v) is 3.48. The zero-order chi connectivity index (χ0) is 17.6. The number of halogens is 1. The van der Waals surface area contributed by atoms with E-state index in [0.717, 1.165) is 19.5 Å². The number of nitrogens with one attached hydrogen (secondary N) is 1. The Morgan fingerprint density at radius 1 is 1.12 bits per heavy atom. The predicted molar refractivity (Wildman–Crippen MR) is 99.0 cm³/mol. The van der Waals surface area contributed by atoms with E-state index in [1.165, 1.54) is 17.2 Å². The molecule has 0 bridgehead atoms. The third-order valence-corrected chi connectivity index (χ3v) is 4.86. The number of aliphatic hydroxyl groups excluding tert-OH is 1. The molecule has 0 fully saturated rings. The Hall–Kier alpha value is -1.75. The first kappa shape index (κ1) is 18.1. The van der Waals surface area contributed by atoms with Crippen molar-refractivity contribution >= 4 is 0 Å². The van der Waals surface area contributed by atoms with E-state index in [1.807, 2.05) is 19.1 Å². The van der Waals surface area contributed by atoms with Crippen molar-refractivity contribution in [3.63, 3.8) is 0 Å². The Balaban J connectivity index is 1.42. The molecule has 2 aromatic rings. The molecule has 0 saturated heterocycles. The van der Waals surface area contributed by atoms with Gasteiger partial charge in [0, 0.05) is 32.2 Å². The second-order valence-electron chi connectivity index (χ2n) is 7.01. The van der Waals surface area contributed by atoms with E-state index in [4.69, 9.17) is 0 Å². The van der Waals surface area contributed by atoms with Gasteiger partial charge in [-0.1, -0.05) is 42.5 Å². The molecule has 0 aromatic heterocycles. The van der Waals surface area contributed by atoms with Crippen LogP contribution in [0.4, 0.5) is 4.39 Å². The fraction of sp³-hybridized carbons (Fsp3) is 0.429. The zero-order valence-corrected chi connectivity index (χ0v) is 14.8. The molecule has 1 aliphatic rings. The van der Waals surface area contributed by atoms with Crippen molar-refractivity contribution in [2.75, 3.05) is 19.6 Å². The molecule has 3 rings (SSSR count). The number of β-amino-alcohol motifs (C(OH)–C–C–N with tert-alkyl or cyclic N) is 1. The van der Waals surface area contributed by atoms with E-state index in [0.29, 0.717) is 25.1 Å². The minimum Gasteiger partial charge on any atom is -0.390 e. The highest BCUT2D eigenvalue weighted by Gasteiger charge is 2.18. The van der Waals surface area contributed by atoms with Crippen LogP contribution >= 0.6 is 0 Å². The molecule has 2 N–H and O–H groups in total. The lowest BCUT2D eigenvalue weighted by Gasteiger charge is -2.30. The van der Waals surface area contributed by atoms with Crippen LogP contribution in [0.1, 0.15) is 23.6 Å². The van der Waals surface area contributed by atoms with Crippen LogP contribution < -0.4 is 5.32 Å². The van der Waals surface area contributed by atoms with Crippen LogP contribution in [-0.4, -0.2) is 41.8 Å². The molecule has 4 heteroatoms. The van der Waals surface area contributed by atoms with Gasteiger partial charge in [-0.15, -0.1) is 0 Å². The fourth-order valence-electron chi connectivity index (χ4n) is 3.48. The highest BCUT2D eigenvalue weighted by molar-refractivity contribution is 5.29. The largest absolute Gasteiger partial charge is 0.390 e. The first-order valence-electron chi connectivity index (χ1n) is 9.06. The van der Waals surface area contributed by atoms with Crippen molar-refractivity contribution in [2.45, 2.75) is 38.5 Å². The molecule has 2 atom stereocenters. The number of rotatable bonds is 7. The van der Waals surface area contributed by atoms with Gasteiger partial charge in [-0.3, -0.25) is 4.90 Å². The van der Waals surface area contributed by atoms with Gasteiger partial charge in [0.05, 0.1) is 6.10 Å². The van der Waals surface area contributed by atoms with Crippen molar-refractivity contribution in [1.29, 1.82) is 0 Å². The maximum Gasteiger partial charge on any atom is 0.126 e. The van der Waals surface area contributed by atoms with Gasteiger partial charge in [0.15, 0.2) is 0 Å². The standard InChI is InChI=1S/C21H27FN2O/c1-16(12-18-7-4-5-9-21(18)22)23-13-20(25)15-24-11-10-17-6-2-3-8-19(17)14-24/h2-9,16,20,23,25H,10-15H2,1H3. The number of fused-ring (bicyclic) bond motifs is 1. The van der Waals surface area contributed by atoms with E-state index in [-0.39, 0.29) is 11.9 Å². The van der Waals surface area contributed by atoms with Crippen LogP contribution in [-0.2, 0) is 19.4 Å². The van der Waals surface area contributed by atoms with Crippen LogP contribution in [0.15, 0.2) is 48.5 Å². The molecular weight excluding hydrogens is 315 g/mol. The van der Waals surface area contributed by atoms with Gasteiger partial charge in [-0.05, 0) is 42.5 Å². The molecule has 0 aliphatic carbocycles. The summed E-state index contributed by atoms with van der Waals surface area (Å²) >= 11 is 0. The summed E-state index contributed by atoms with van der Waals surface area (Å²) in [5, 5.41) is 13.7. The van der Waals surface area contributed by atoms with E-state index in [1.54, 1.807) is 6.07 Å². The van der Waals surface area contributed by atoms with E-state index < -0.39 is 6.10 Å². The third-order valence-electron chi connectivity index (χ3n) is 4.86. The number of hydrogen-bond acceptors (Lipinski definition) is 3. The van der Waals surface area contributed by atoms with Crippen LogP contribution in [0.25, 0.3) is 0 Å². The molecule has 0 spiro atoms. The number of aliphatic hydroxyl groups is 1. The lowest BCUT2D eigenvalue weighted by atomic mass is 10.00. The minimum atomic E-state index is -0.423. The third kappa shape index (κ3) is 5.11. The van der Waals surface area contributed by atoms with Gasteiger partial charge in [-0.2, -0.15) is 0 Å². The molecule has 0 radical (unpaired) electrons. The Morgan fingerprint density at radius 3 is 2.64 bits per heavy atom. The smallest absolute Gasteiger partial charge is 0.126 e. The minimum absolute atomic E-state index is 0.119. The van der Waals surface area contributed by atoms with Crippen molar-refractivity contribution < 1.29 is 9.50 Å². The van der Waals surface area contributed by atoms with Gasteiger partial charge >= 0.3 is 0 Å². The van der Waals surface area contributed by atoms with Crippen molar-refractivity contribution in [3.8, 4) is 0 Å². The van der Waals surface area contributed by atoms with Gasteiger partial charge < -0.3 is 10.4 Å². The first-order chi connectivity index (χ1) is 12.1. The number of nitrogens with zero attached hydrogens (tertiary/aromatic N) is 1. The molecule has 0 saturated carbocycles. The second kappa shape index (κ2) is 8.56. The molecule has 1 aliphatic heterocycles. The lowest BCUT2D eigenvalue weighted by Crippen LogP contribution is -2.43. The lowest BCUT2D eigenvalue weighted by molar-refractivity contribution is 0.102. The monoisotopic (exact) mass is 342 g/mol. The van der Waals surface area contributed by atoms with E-state index in [2.05, 4.69) is 34.5 Å². The summed E-state index contributed by atoms with van der Waals surface area (Å²) in [7, 11) is 0. The zero-order valence-electron chi connectivity index (χ0n) is 14.8. The summed E-state index contributed by atoms with van der Waals surface area (Å²) in [5.41, 5.74) is 3.50. The Kier molecular flexibility index (Phi) is 6.19. The van der Waals surface area contributed by atoms with E-state index >= 15 is 0 Å². The Labute approximate surface area is 149 Å². The molecule has 134 valence electrons. The van der Waals surface area contributed by atoms with Crippen LogP contribution in [0, 0.1) is 5.82 Å². The van der Waals surface area contributed by atoms with Crippen molar-refractivity contribution in [1.82, 2.24) is 10.2 Å². The average Bonchev–Trinajstić information content (AvgIpc) is 2.62. The molecule has 2 aromatic carbocycles.